The molecule has 30 heavy (non-hydrogen) atoms. The van der Waals surface area contributed by atoms with Crippen molar-refractivity contribution in [1.82, 2.24) is 10.2 Å². The highest BCUT2D eigenvalue weighted by Gasteiger charge is 2.20. The van der Waals surface area contributed by atoms with Crippen LogP contribution in [0.25, 0.3) is 0 Å². The summed E-state index contributed by atoms with van der Waals surface area (Å²) in [7, 11) is -0.112. The summed E-state index contributed by atoms with van der Waals surface area (Å²) < 4.78 is 33.3. The highest BCUT2D eigenvalue weighted by molar-refractivity contribution is 7.92. The summed E-state index contributed by atoms with van der Waals surface area (Å²) in [5.74, 6) is 0.343. The van der Waals surface area contributed by atoms with Crippen molar-refractivity contribution in [2.24, 2.45) is 0 Å². The molecular formula is C21H22ClN3O4S. The van der Waals surface area contributed by atoms with Crippen molar-refractivity contribution in [3.8, 4) is 0 Å². The normalized spacial score (nSPS) is 12.5. The zero-order valence-corrected chi connectivity index (χ0v) is 18.1. The highest BCUT2D eigenvalue weighted by atomic mass is 35.5. The van der Waals surface area contributed by atoms with Crippen molar-refractivity contribution in [3.05, 3.63) is 83.3 Å². The van der Waals surface area contributed by atoms with Crippen molar-refractivity contribution >= 4 is 33.2 Å². The van der Waals surface area contributed by atoms with Gasteiger partial charge in [0.2, 0.25) is 0 Å². The van der Waals surface area contributed by atoms with Crippen LogP contribution in [0.4, 0.5) is 5.69 Å². The van der Waals surface area contributed by atoms with Gasteiger partial charge in [-0.3, -0.25) is 14.4 Å². The predicted molar refractivity (Wildman–Crippen MR) is 116 cm³/mol. The monoisotopic (exact) mass is 447 g/mol. The third-order valence-electron chi connectivity index (χ3n) is 4.43. The molecule has 1 amide bonds. The number of nitrogens with one attached hydrogen (secondary N) is 2. The topological polar surface area (TPSA) is 91.7 Å². The summed E-state index contributed by atoms with van der Waals surface area (Å²) in [5, 5.41) is 3.24. The van der Waals surface area contributed by atoms with Gasteiger partial charge < -0.3 is 9.73 Å². The van der Waals surface area contributed by atoms with Gasteiger partial charge in [0.05, 0.1) is 22.9 Å². The third kappa shape index (κ3) is 5.41. The lowest BCUT2D eigenvalue weighted by Gasteiger charge is -2.22. The Labute approximate surface area is 180 Å². The smallest absolute Gasteiger partial charge is 0.261 e. The highest BCUT2D eigenvalue weighted by Crippen LogP contribution is 2.21. The number of anilines is 1. The van der Waals surface area contributed by atoms with E-state index in [9.17, 15) is 13.2 Å². The van der Waals surface area contributed by atoms with Gasteiger partial charge in [0.1, 0.15) is 5.76 Å². The van der Waals surface area contributed by atoms with Crippen LogP contribution in [0.15, 0.2) is 76.2 Å². The van der Waals surface area contributed by atoms with Crippen molar-refractivity contribution in [2.45, 2.75) is 10.9 Å². The Morgan fingerprint density at radius 1 is 1.10 bits per heavy atom. The number of furan rings is 1. The van der Waals surface area contributed by atoms with Gasteiger partial charge in [-0.25, -0.2) is 8.42 Å². The van der Waals surface area contributed by atoms with Gasteiger partial charge in [-0.15, -0.1) is 0 Å². The molecule has 0 spiro atoms. The fraction of sp³-hybridized carbons (Fsp3) is 0.190. The number of carbonyl (C=O) groups excluding carboxylic acids is 1. The molecule has 0 saturated carbocycles. The van der Waals surface area contributed by atoms with Crippen molar-refractivity contribution < 1.29 is 17.6 Å². The lowest BCUT2D eigenvalue weighted by atomic mass is 10.2. The van der Waals surface area contributed by atoms with E-state index in [2.05, 4.69) is 10.0 Å². The molecule has 3 rings (SSSR count). The molecule has 1 atom stereocenters. The van der Waals surface area contributed by atoms with Crippen LogP contribution in [0, 0.1) is 0 Å². The van der Waals surface area contributed by atoms with Crippen LogP contribution < -0.4 is 10.0 Å². The molecule has 158 valence electrons. The third-order valence-corrected chi connectivity index (χ3v) is 6.05. The molecule has 7 nitrogen and oxygen atoms in total. The molecular weight excluding hydrogens is 426 g/mol. The molecule has 0 radical (unpaired) electrons. The van der Waals surface area contributed by atoms with Crippen LogP contribution in [-0.2, 0) is 10.0 Å². The standard InChI is InChI=1S/C21H22ClN3O4S/c1-25(2)19(20-10-5-11-29-20)14-23-21(26)15-6-3-9-18(12-15)30(27,28)24-17-8-4-7-16(22)13-17/h3-13,19,24H,14H2,1-2H3,(H,23,26)/t19-/m1/s1. The summed E-state index contributed by atoms with van der Waals surface area (Å²) in [6, 6.07) is 15.7. The van der Waals surface area contributed by atoms with Crippen LogP contribution in [0.3, 0.4) is 0 Å². The first-order valence-electron chi connectivity index (χ1n) is 9.13. The van der Waals surface area contributed by atoms with Crippen LogP contribution >= 0.6 is 11.6 Å². The van der Waals surface area contributed by atoms with Crippen LogP contribution in [0.2, 0.25) is 5.02 Å². The van der Waals surface area contributed by atoms with Crippen LogP contribution in [-0.4, -0.2) is 39.9 Å². The Morgan fingerprint density at radius 3 is 2.53 bits per heavy atom. The molecule has 0 aliphatic rings. The van der Waals surface area contributed by atoms with Crippen molar-refractivity contribution in [2.75, 3.05) is 25.4 Å². The zero-order chi connectivity index (χ0) is 21.7. The molecule has 0 bridgehead atoms. The summed E-state index contributed by atoms with van der Waals surface area (Å²) in [6.07, 6.45) is 1.58. The molecule has 1 aromatic heterocycles. The number of hydrogen-bond acceptors (Lipinski definition) is 5. The molecule has 2 N–H and O–H groups in total. The number of halogens is 1. The van der Waals surface area contributed by atoms with Gasteiger partial charge in [-0.2, -0.15) is 0 Å². The average molecular weight is 448 g/mol. The lowest BCUT2D eigenvalue weighted by molar-refractivity contribution is 0.0939. The van der Waals surface area contributed by atoms with E-state index in [1.54, 1.807) is 36.6 Å². The summed E-state index contributed by atoms with van der Waals surface area (Å²) in [5.41, 5.74) is 0.575. The number of hydrogen-bond donors (Lipinski definition) is 2. The summed E-state index contributed by atoms with van der Waals surface area (Å²) >= 11 is 5.91. The van der Waals surface area contributed by atoms with Gasteiger partial charge in [-0.1, -0.05) is 23.7 Å². The average Bonchev–Trinajstić information content (AvgIpc) is 3.22. The molecule has 0 saturated heterocycles. The number of benzene rings is 2. The number of likely N-dealkylation sites (N-methyl/N-ethyl adjacent to an activating group) is 1. The molecule has 1 heterocycles. The molecule has 0 aliphatic carbocycles. The maximum absolute atomic E-state index is 12.7. The SMILES string of the molecule is CN(C)[C@H](CNC(=O)c1cccc(S(=O)(=O)Nc2cccc(Cl)c2)c1)c1ccco1. The van der Waals surface area contributed by atoms with E-state index in [0.29, 0.717) is 17.3 Å². The zero-order valence-electron chi connectivity index (χ0n) is 16.5. The van der Waals surface area contributed by atoms with E-state index in [0.717, 1.165) is 5.76 Å². The first-order valence-corrected chi connectivity index (χ1v) is 11.0. The Bertz CT molecular complexity index is 1110. The quantitative estimate of drug-likeness (QED) is 0.548. The van der Waals surface area contributed by atoms with Crippen LogP contribution in [0.5, 0.6) is 0 Å². The maximum atomic E-state index is 12.7. The first-order chi connectivity index (χ1) is 14.3. The number of sulfonamides is 1. The fourth-order valence-electron chi connectivity index (χ4n) is 2.88. The molecule has 0 unspecified atom stereocenters. The van der Waals surface area contributed by atoms with Crippen molar-refractivity contribution in [1.29, 1.82) is 0 Å². The van der Waals surface area contributed by atoms with Gasteiger partial charge in [0, 0.05) is 17.1 Å². The van der Waals surface area contributed by atoms with Gasteiger partial charge >= 0.3 is 0 Å². The largest absolute Gasteiger partial charge is 0.468 e. The van der Waals surface area contributed by atoms with E-state index in [4.69, 9.17) is 16.0 Å². The fourth-order valence-corrected chi connectivity index (χ4v) is 4.17. The number of nitrogens with zero attached hydrogens (tertiary/aromatic N) is 1. The number of carbonyl (C=O) groups is 1. The Kier molecular flexibility index (Phi) is 6.81. The summed E-state index contributed by atoms with van der Waals surface area (Å²) in [4.78, 5) is 14.5. The van der Waals surface area contributed by atoms with Gasteiger partial charge in [-0.05, 0) is 62.6 Å². The van der Waals surface area contributed by atoms with E-state index in [1.165, 1.54) is 24.3 Å². The Balaban J connectivity index is 1.73. The minimum Gasteiger partial charge on any atom is -0.468 e. The minimum atomic E-state index is -3.88. The Morgan fingerprint density at radius 2 is 1.87 bits per heavy atom. The van der Waals surface area contributed by atoms with E-state index in [-0.39, 0.29) is 22.4 Å². The van der Waals surface area contributed by atoms with Gasteiger partial charge in [0.25, 0.3) is 15.9 Å². The lowest BCUT2D eigenvalue weighted by Crippen LogP contribution is -2.34. The molecule has 9 heteroatoms. The van der Waals surface area contributed by atoms with Crippen molar-refractivity contribution in [3.63, 3.8) is 0 Å². The Hall–Kier alpha value is -2.81. The molecule has 2 aromatic carbocycles. The molecule has 0 aliphatic heterocycles. The molecule has 3 aromatic rings. The number of amides is 1. The second-order valence-corrected chi connectivity index (χ2v) is 8.97. The van der Waals surface area contributed by atoms with Gasteiger partial charge in [0.15, 0.2) is 0 Å². The van der Waals surface area contributed by atoms with E-state index < -0.39 is 10.0 Å². The molecule has 0 fully saturated rings. The van der Waals surface area contributed by atoms with E-state index >= 15 is 0 Å². The maximum Gasteiger partial charge on any atom is 0.261 e. The minimum absolute atomic E-state index is 0.0229. The predicted octanol–water partition coefficient (Wildman–Crippen LogP) is 3.77. The van der Waals surface area contributed by atoms with E-state index in [1.807, 2.05) is 25.1 Å². The van der Waals surface area contributed by atoms with Crippen LogP contribution in [0.1, 0.15) is 22.2 Å². The number of rotatable bonds is 8. The second-order valence-electron chi connectivity index (χ2n) is 6.85. The second kappa shape index (κ2) is 9.34. The summed E-state index contributed by atoms with van der Waals surface area (Å²) in [6.45, 7) is 0.303. The first kappa shape index (κ1) is 21.9.